The first-order valence-electron chi connectivity index (χ1n) is 13.2. The van der Waals surface area contributed by atoms with Gasteiger partial charge in [-0.2, -0.15) is 0 Å². The van der Waals surface area contributed by atoms with Crippen molar-refractivity contribution in [2.24, 2.45) is 5.92 Å². The molecule has 0 radical (unpaired) electrons. The largest absolute Gasteiger partial charge is 0.504 e. The van der Waals surface area contributed by atoms with Crippen molar-refractivity contribution >= 4 is 17.8 Å². The fourth-order valence-corrected chi connectivity index (χ4v) is 4.17. The smallest absolute Gasteiger partial charge is 0.309 e. The lowest BCUT2D eigenvalue weighted by molar-refractivity contribution is -0.277. The van der Waals surface area contributed by atoms with Crippen LogP contribution in [0.15, 0.2) is 42.5 Å². The molecule has 2 aromatic carbocycles. The van der Waals surface area contributed by atoms with Crippen molar-refractivity contribution in [3.8, 4) is 23.0 Å². The number of carbonyl (C=O) groups is 2. The van der Waals surface area contributed by atoms with E-state index in [9.17, 15) is 45.3 Å². The van der Waals surface area contributed by atoms with Crippen molar-refractivity contribution < 1.29 is 59.5 Å². The molecule has 0 aromatic heterocycles. The van der Waals surface area contributed by atoms with E-state index in [0.717, 1.165) is 6.42 Å². The SMILES string of the molecule is CCCCOC(=O)C(CC(=O)C=Cc1ccc(O)c(OC2OC(CO)C(O)C(O)C2O)c1)Cc1ccc(O)c(O)c1. The molecule has 0 amide bonds. The highest BCUT2D eigenvalue weighted by Gasteiger charge is 2.45. The molecule has 6 unspecified atom stereocenters. The maximum Gasteiger partial charge on any atom is 0.309 e. The van der Waals surface area contributed by atoms with Crippen LogP contribution >= 0.6 is 0 Å². The fraction of sp³-hybridized carbons (Fsp3) is 0.448. The van der Waals surface area contributed by atoms with Gasteiger partial charge in [-0.3, -0.25) is 9.59 Å². The Labute approximate surface area is 236 Å². The van der Waals surface area contributed by atoms with Gasteiger partial charge in [0.2, 0.25) is 6.29 Å². The number of aliphatic hydroxyl groups excluding tert-OH is 4. The van der Waals surface area contributed by atoms with Crippen molar-refractivity contribution in [1.29, 1.82) is 0 Å². The number of allylic oxidation sites excluding steroid dienone is 1. The van der Waals surface area contributed by atoms with Gasteiger partial charge >= 0.3 is 5.97 Å². The third kappa shape index (κ3) is 8.65. The minimum absolute atomic E-state index is 0.0919. The predicted molar refractivity (Wildman–Crippen MR) is 144 cm³/mol. The normalized spacial score (nSPS) is 23.3. The van der Waals surface area contributed by atoms with Gasteiger partial charge in [0.25, 0.3) is 0 Å². The van der Waals surface area contributed by atoms with E-state index >= 15 is 0 Å². The number of phenols is 3. The highest BCUT2D eigenvalue weighted by Crippen LogP contribution is 2.32. The van der Waals surface area contributed by atoms with Gasteiger partial charge < -0.3 is 50.0 Å². The Bertz CT molecular complexity index is 1210. The molecule has 6 atom stereocenters. The topological polar surface area (TPSA) is 203 Å². The summed E-state index contributed by atoms with van der Waals surface area (Å²) in [5.74, 6) is -2.97. The van der Waals surface area contributed by atoms with Crippen molar-refractivity contribution in [1.82, 2.24) is 0 Å². The molecule has 0 bridgehead atoms. The summed E-state index contributed by atoms with van der Waals surface area (Å²) in [7, 11) is 0. The molecule has 1 aliphatic rings. The van der Waals surface area contributed by atoms with E-state index in [1.54, 1.807) is 0 Å². The van der Waals surface area contributed by atoms with Gasteiger partial charge in [0, 0.05) is 6.42 Å². The molecule has 41 heavy (non-hydrogen) atoms. The van der Waals surface area contributed by atoms with Crippen molar-refractivity contribution in [2.45, 2.75) is 63.3 Å². The molecule has 2 aromatic rings. The zero-order valence-corrected chi connectivity index (χ0v) is 22.5. The summed E-state index contributed by atoms with van der Waals surface area (Å²) >= 11 is 0. The van der Waals surface area contributed by atoms with Crippen LogP contribution in [0, 0.1) is 5.92 Å². The highest BCUT2D eigenvalue weighted by molar-refractivity contribution is 5.96. The molecule has 7 N–H and O–H groups in total. The molecule has 1 heterocycles. The predicted octanol–water partition coefficient (Wildman–Crippen LogP) is 1.16. The van der Waals surface area contributed by atoms with Crippen LogP contribution in [0.25, 0.3) is 6.08 Å². The molecule has 3 rings (SSSR count). The quantitative estimate of drug-likeness (QED) is 0.0777. The van der Waals surface area contributed by atoms with Gasteiger partial charge in [0.05, 0.1) is 19.1 Å². The zero-order valence-electron chi connectivity index (χ0n) is 22.5. The number of aliphatic hydroxyl groups is 4. The van der Waals surface area contributed by atoms with Crippen molar-refractivity contribution in [3.63, 3.8) is 0 Å². The monoisotopic (exact) mass is 576 g/mol. The summed E-state index contributed by atoms with van der Waals surface area (Å²) in [5, 5.41) is 69.0. The number of phenolic OH excluding ortho intramolecular Hbond substituents is 3. The van der Waals surface area contributed by atoms with E-state index in [1.165, 1.54) is 48.6 Å². The number of aromatic hydroxyl groups is 3. The molecule has 12 heteroatoms. The maximum absolute atomic E-state index is 12.8. The van der Waals surface area contributed by atoms with Crippen LogP contribution in [-0.4, -0.2) is 91.4 Å². The van der Waals surface area contributed by atoms with Crippen LogP contribution < -0.4 is 4.74 Å². The number of ether oxygens (including phenoxy) is 3. The number of unbranched alkanes of at least 4 members (excludes halogenated alkanes) is 1. The number of benzene rings is 2. The second-order valence-electron chi connectivity index (χ2n) is 9.79. The summed E-state index contributed by atoms with van der Waals surface area (Å²) < 4.78 is 16.1. The summed E-state index contributed by atoms with van der Waals surface area (Å²) in [5.41, 5.74) is 0.935. The molecule has 224 valence electrons. The standard InChI is InChI=1S/C29H36O12/c1-2-3-10-39-28(38)18(11-17-6-8-20(32)22(34)12-17)14-19(31)7-4-16-5-9-21(33)23(13-16)40-29-27(37)26(36)25(35)24(15-30)41-29/h4-9,12-13,18,24-27,29-30,32-37H,2-3,10-11,14-15H2,1H3. The van der Waals surface area contributed by atoms with Gasteiger partial charge in [0.1, 0.15) is 24.4 Å². The average molecular weight is 577 g/mol. The Kier molecular flexibility index (Phi) is 11.5. The first-order chi connectivity index (χ1) is 19.5. The molecule has 12 nitrogen and oxygen atoms in total. The number of hydrogen-bond donors (Lipinski definition) is 7. The molecule has 1 fully saturated rings. The van der Waals surface area contributed by atoms with Gasteiger partial charge in [-0.05, 0) is 54.3 Å². The molecular weight excluding hydrogens is 540 g/mol. The first-order valence-corrected chi connectivity index (χ1v) is 13.2. The van der Waals surface area contributed by atoms with E-state index in [2.05, 4.69) is 0 Å². The molecule has 0 aliphatic carbocycles. The highest BCUT2D eigenvalue weighted by atomic mass is 16.7. The first kappa shape index (κ1) is 31.8. The Morgan fingerprint density at radius 1 is 0.976 bits per heavy atom. The summed E-state index contributed by atoms with van der Waals surface area (Å²) in [6.07, 6.45) is -3.59. The van der Waals surface area contributed by atoms with E-state index in [4.69, 9.17) is 14.2 Å². The number of carbonyl (C=O) groups excluding carboxylic acids is 2. The lowest BCUT2D eigenvalue weighted by atomic mass is 9.93. The third-order valence-electron chi connectivity index (χ3n) is 6.58. The maximum atomic E-state index is 12.8. The summed E-state index contributed by atoms with van der Waals surface area (Å²) in [4.78, 5) is 25.6. The van der Waals surface area contributed by atoms with Crippen LogP contribution in [0.3, 0.4) is 0 Å². The zero-order chi connectivity index (χ0) is 30.1. The molecule has 0 saturated carbocycles. The van der Waals surface area contributed by atoms with E-state index in [0.29, 0.717) is 17.5 Å². The fourth-order valence-electron chi connectivity index (χ4n) is 4.17. The number of rotatable bonds is 13. The average Bonchev–Trinajstić information content (AvgIpc) is 2.95. The lowest BCUT2D eigenvalue weighted by Crippen LogP contribution is -2.60. The molecule has 1 saturated heterocycles. The number of ketones is 1. The molecule has 0 spiro atoms. The molecule has 1 aliphatic heterocycles. The van der Waals surface area contributed by atoms with Crippen molar-refractivity contribution in [3.05, 3.63) is 53.6 Å². The van der Waals surface area contributed by atoms with E-state index in [-0.39, 0.29) is 42.4 Å². The van der Waals surface area contributed by atoms with Crippen LogP contribution in [0.1, 0.15) is 37.3 Å². The minimum Gasteiger partial charge on any atom is -0.504 e. The number of hydrogen-bond acceptors (Lipinski definition) is 12. The Balaban J connectivity index is 1.71. The lowest BCUT2D eigenvalue weighted by Gasteiger charge is -2.39. The summed E-state index contributed by atoms with van der Waals surface area (Å²) in [6.45, 7) is 1.51. The van der Waals surface area contributed by atoms with Crippen LogP contribution in [-0.2, 0) is 25.5 Å². The van der Waals surface area contributed by atoms with Gasteiger partial charge in [0.15, 0.2) is 28.8 Å². The van der Waals surface area contributed by atoms with Crippen molar-refractivity contribution in [2.75, 3.05) is 13.2 Å². The van der Waals surface area contributed by atoms with Crippen LogP contribution in [0.5, 0.6) is 23.0 Å². The van der Waals surface area contributed by atoms with Gasteiger partial charge in [-0.25, -0.2) is 0 Å². The van der Waals surface area contributed by atoms with Gasteiger partial charge in [-0.1, -0.05) is 31.6 Å². The van der Waals surface area contributed by atoms with E-state index < -0.39 is 55.0 Å². The van der Waals surface area contributed by atoms with E-state index in [1.807, 2.05) is 6.92 Å². The van der Waals surface area contributed by atoms with Gasteiger partial charge in [-0.15, -0.1) is 0 Å². The third-order valence-corrected chi connectivity index (χ3v) is 6.58. The Morgan fingerprint density at radius 2 is 1.71 bits per heavy atom. The number of esters is 1. The molecular formula is C29H36O12. The van der Waals surface area contributed by atoms with Crippen LogP contribution in [0.4, 0.5) is 0 Å². The second kappa shape index (κ2) is 14.8. The minimum atomic E-state index is -1.68. The summed E-state index contributed by atoms with van der Waals surface area (Å²) in [6, 6.07) is 8.24. The second-order valence-corrected chi connectivity index (χ2v) is 9.79. The Hall–Kier alpha value is -3.68. The van der Waals surface area contributed by atoms with Crippen LogP contribution in [0.2, 0.25) is 0 Å². The Morgan fingerprint density at radius 3 is 2.39 bits per heavy atom.